The summed E-state index contributed by atoms with van der Waals surface area (Å²) in [7, 11) is 0. The van der Waals surface area contributed by atoms with Gasteiger partial charge in [-0.25, -0.2) is 19.7 Å². The van der Waals surface area contributed by atoms with Crippen molar-refractivity contribution in [2.45, 2.75) is 26.4 Å². The molecule has 7 nitrogen and oxygen atoms in total. The molecule has 0 aliphatic rings. The number of carboxylic acids is 1. The monoisotopic (exact) mass is 253 g/mol. The zero-order valence-corrected chi connectivity index (χ0v) is 10.5. The number of anilines is 1. The Labute approximate surface area is 104 Å². The van der Waals surface area contributed by atoms with Crippen LogP contribution in [-0.2, 0) is 9.53 Å². The maximum atomic E-state index is 11.9. The molecule has 0 saturated carbocycles. The normalized spacial score (nSPS) is 10.8. The van der Waals surface area contributed by atoms with Crippen LogP contribution >= 0.6 is 0 Å². The van der Waals surface area contributed by atoms with E-state index in [0.717, 1.165) is 4.90 Å². The quantitative estimate of drug-likeness (QED) is 0.872. The number of aliphatic carboxylic acids is 1. The van der Waals surface area contributed by atoms with Gasteiger partial charge in [-0.15, -0.1) is 0 Å². The Bertz CT molecular complexity index is 428. The predicted molar refractivity (Wildman–Crippen MR) is 63.2 cm³/mol. The zero-order valence-electron chi connectivity index (χ0n) is 10.5. The van der Waals surface area contributed by atoms with Crippen molar-refractivity contribution in [3.8, 4) is 0 Å². The summed E-state index contributed by atoms with van der Waals surface area (Å²) in [5, 5.41) is 8.79. The third kappa shape index (κ3) is 4.36. The van der Waals surface area contributed by atoms with Crippen LogP contribution in [0, 0.1) is 0 Å². The Hall–Kier alpha value is -2.18. The first-order chi connectivity index (χ1) is 8.29. The average Bonchev–Trinajstić information content (AvgIpc) is 2.24. The molecule has 0 radical (unpaired) electrons. The lowest BCUT2D eigenvalue weighted by Gasteiger charge is -2.24. The maximum Gasteiger partial charge on any atom is 0.417 e. The summed E-state index contributed by atoms with van der Waals surface area (Å²) in [4.78, 5) is 31.1. The number of carbonyl (C=O) groups is 2. The molecule has 18 heavy (non-hydrogen) atoms. The molecule has 98 valence electrons. The minimum Gasteiger partial charge on any atom is -0.480 e. The SMILES string of the molecule is CC(C)(C)OC(=O)N(CC(=O)O)c1ncccn1. The van der Waals surface area contributed by atoms with E-state index in [2.05, 4.69) is 9.97 Å². The number of carbonyl (C=O) groups excluding carboxylic acids is 1. The third-order valence-electron chi connectivity index (χ3n) is 1.70. The molecule has 1 N–H and O–H groups in total. The van der Waals surface area contributed by atoms with E-state index in [1.54, 1.807) is 26.8 Å². The average molecular weight is 253 g/mol. The maximum absolute atomic E-state index is 11.9. The molecule has 7 heteroatoms. The van der Waals surface area contributed by atoms with Gasteiger partial charge in [0, 0.05) is 12.4 Å². The second-order valence-corrected chi connectivity index (χ2v) is 4.51. The van der Waals surface area contributed by atoms with Gasteiger partial charge in [-0.05, 0) is 26.8 Å². The number of ether oxygens (including phenoxy) is 1. The summed E-state index contributed by atoms with van der Waals surface area (Å²) >= 11 is 0. The number of aromatic nitrogens is 2. The Morgan fingerprint density at radius 1 is 1.33 bits per heavy atom. The van der Waals surface area contributed by atoms with E-state index >= 15 is 0 Å². The number of rotatable bonds is 3. The fourth-order valence-corrected chi connectivity index (χ4v) is 1.10. The van der Waals surface area contributed by atoms with Crippen molar-refractivity contribution in [1.82, 2.24) is 9.97 Å². The van der Waals surface area contributed by atoms with Crippen molar-refractivity contribution in [2.24, 2.45) is 0 Å². The lowest BCUT2D eigenvalue weighted by molar-refractivity contribution is -0.135. The van der Waals surface area contributed by atoms with Crippen molar-refractivity contribution in [1.29, 1.82) is 0 Å². The second kappa shape index (κ2) is 5.44. The van der Waals surface area contributed by atoms with Crippen molar-refractivity contribution in [3.05, 3.63) is 18.5 Å². The van der Waals surface area contributed by atoms with Gasteiger partial charge in [-0.1, -0.05) is 0 Å². The number of carboxylic acid groups (broad SMARTS) is 1. The van der Waals surface area contributed by atoms with Crippen LogP contribution < -0.4 is 4.90 Å². The topological polar surface area (TPSA) is 92.6 Å². The minimum absolute atomic E-state index is 0.00542. The molecule has 0 saturated heterocycles. The first kappa shape index (κ1) is 13.9. The van der Waals surface area contributed by atoms with E-state index < -0.39 is 24.2 Å². The summed E-state index contributed by atoms with van der Waals surface area (Å²) in [6, 6.07) is 1.57. The van der Waals surface area contributed by atoms with E-state index in [9.17, 15) is 9.59 Å². The molecule has 0 spiro atoms. The molecule has 0 aromatic carbocycles. The van der Waals surface area contributed by atoms with Crippen LogP contribution in [0.4, 0.5) is 10.7 Å². The largest absolute Gasteiger partial charge is 0.480 e. The molecule has 0 aliphatic carbocycles. The fraction of sp³-hybridized carbons (Fsp3) is 0.455. The highest BCUT2D eigenvalue weighted by Gasteiger charge is 2.26. The Balaban J connectivity index is 2.92. The third-order valence-corrected chi connectivity index (χ3v) is 1.70. The van der Waals surface area contributed by atoms with Gasteiger partial charge in [0.2, 0.25) is 5.95 Å². The van der Waals surface area contributed by atoms with Gasteiger partial charge in [-0.3, -0.25) is 4.79 Å². The van der Waals surface area contributed by atoms with E-state index in [0.29, 0.717) is 0 Å². The molecule has 1 aromatic heterocycles. The van der Waals surface area contributed by atoms with Crippen LogP contribution in [0.15, 0.2) is 18.5 Å². The fourth-order valence-electron chi connectivity index (χ4n) is 1.10. The summed E-state index contributed by atoms with van der Waals surface area (Å²) in [5.41, 5.74) is -0.720. The van der Waals surface area contributed by atoms with Gasteiger partial charge < -0.3 is 9.84 Å². The second-order valence-electron chi connectivity index (χ2n) is 4.51. The molecule has 0 unspecified atom stereocenters. The van der Waals surface area contributed by atoms with Crippen LogP contribution in [0.5, 0.6) is 0 Å². The van der Waals surface area contributed by atoms with Crippen molar-refractivity contribution >= 4 is 18.0 Å². The van der Waals surface area contributed by atoms with Gasteiger partial charge in [0.25, 0.3) is 0 Å². The number of hydrogen-bond acceptors (Lipinski definition) is 5. The summed E-state index contributed by atoms with van der Waals surface area (Å²) in [6.45, 7) is 4.51. The predicted octanol–water partition coefficient (Wildman–Crippen LogP) is 1.30. The molecule has 1 heterocycles. The molecule has 1 aromatic rings. The first-order valence-corrected chi connectivity index (χ1v) is 5.29. The van der Waals surface area contributed by atoms with Crippen LogP contribution in [0.25, 0.3) is 0 Å². The number of amides is 1. The number of nitrogens with zero attached hydrogens (tertiary/aromatic N) is 3. The Kier molecular flexibility index (Phi) is 4.19. The lowest BCUT2D eigenvalue weighted by atomic mass is 10.2. The highest BCUT2D eigenvalue weighted by atomic mass is 16.6. The highest BCUT2D eigenvalue weighted by molar-refractivity contribution is 5.91. The smallest absolute Gasteiger partial charge is 0.417 e. The lowest BCUT2D eigenvalue weighted by Crippen LogP contribution is -2.40. The van der Waals surface area contributed by atoms with Crippen molar-refractivity contribution in [3.63, 3.8) is 0 Å². The minimum atomic E-state index is -1.17. The summed E-state index contributed by atoms with van der Waals surface area (Å²) in [6.07, 6.45) is 2.04. The summed E-state index contributed by atoms with van der Waals surface area (Å²) in [5.74, 6) is -1.18. The molecule has 0 fully saturated rings. The number of hydrogen-bond donors (Lipinski definition) is 1. The molecule has 0 aliphatic heterocycles. The molecule has 0 bridgehead atoms. The van der Waals surface area contributed by atoms with E-state index in [1.165, 1.54) is 12.4 Å². The van der Waals surface area contributed by atoms with Gasteiger partial charge in [0.05, 0.1) is 0 Å². The van der Waals surface area contributed by atoms with Crippen LogP contribution in [0.2, 0.25) is 0 Å². The van der Waals surface area contributed by atoms with Gasteiger partial charge in [-0.2, -0.15) is 0 Å². The Morgan fingerprint density at radius 2 is 1.89 bits per heavy atom. The van der Waals surface area contributed by atoms with Crippen molar-refractivity contribution in [2.75, 3.05) is 11.4 Å². The van der Waals surface area contributed by atoms with E-state index in [4.69, 9.17) is 9.84 Å². The summed E-state index contributed by atoms with van der Waals surface area (Å²) < 4.78 is 5.10. The standard InChI is InChI=1S/C11H15N3O4/c1-11(2,3)18-10(17)14(7-8(15)16)9-12-5-4-6-13-9/h4-6H,7H2,1-3H3,(H,15,16). The molecular formula is C11H15N3O4. The highest BCUT2D eigenvalue weighted by Crippen LogP contribution is 2.13. The van der Waals surface area contributed by atoms with Crippen molar-refractivity contribution < 1.29 is 19.4 Å². The zero-order chi connectivity index (χ0) is 13.8. The Morgan fingerprint density at radius 3 is 2.33 bits per heavy atom. The molecule has 1 rings (SSSR count). The van der Waals surface area contributed by atoms with Gasteiger partial charge >= 0.3 is 12.1 Å². The van der Waals surface area contributed by atoms with E-state index in [1.807, 2.05) is 0 Å². The first-order valence-electron chi connectivity index (χ1n) is 5.29. The van der Waals surface area contributed by atoms with Gasteiger partial charge in [0.15, 0.2) is 0 Å². The van der Waals surface area contributed by atoms with E-state index in [-0.39, 0.29) is 5.95 Å². The molecule has 1 amide bonds. The van der Waals surface area contributed by atoms with Crippen LogP contribution in [-0.4, -0.2) is 39.3 Å². The van der Waals surface area contributed by atoms with Gasteiger partial charge in [0.1, 0.15) is 12.1 Å². The van der Waals surface area contributed by atoms with Crippen LogP contribution in [0.1, 0.15) is 20.8 Å². The molecular weight excluding hydrogens is 238 g/mol. The molecule has 0 atom stereocenters. The van der Waals surface area contributed by atoms with Crippen LogP contribution in [0.3, 0.4) is 0 Å².